The molecule has 4 nitrogen and oxygen atoms in total. The van der Waals surface area contributed by atoms with Crippen LogP contribution in [0.3, 0.4) is 0 Å². The highest BCUT2D eigenvalue weighted by Gasteiger charge is 2.47. The van der Waals surface area contributed by atoms with Crippen molar-refractivity contribution in [3.05, 3.63) is 42.4 Å². The van der Waals surface area contributed by atoms with Crippen molar-refractivity contribution in [3.8, 4) is 23.1 Å². The Labute approximate surface area is 118 Å². The highest BCUT2D eigenvalue weighted by atomic mass is 16.5. The van der Waals surface area contributed by atoms with Crippen LogP contribution in [0.25, 0.3) is 11.3 Å². The number of hydrogen-bond donors (Lipinski definition) is 0. The third-order valence-electron chi connectivity index (χ3n) is 3.51. The summed E-state index contributed by atoms with van der Waals surface area (Å²) in [5.41, 5.74) is 1.41. The summed E-state index contributed by atoms with van der Waals surface area (Å²) in [7, 11) is 0. The van der Waals surface area contributed by atoms with Gasteiger partial charge in [0.1, 0.15) is 17.0 Å². The van der Waals surface area contributed by atoms with Crippen molar-refractivity contribution in [2.24, 2.45) is 0 Å². The summed E-state index contributed by atoms with van der Waals surface area (Å²) in [6, 6.07) is 12.0. The number of ether oxygens (including phenoxy) is 1. The van der Waals surface area contributed by atoms with Gasteiger partial charge in [0.15, 0.2) is 0 Å². The lowest BCUT2D eigenvalue weighted by Gasteiger charge is -2.08. The molecule has 0 aliphatic heterocycles. The molecule has 20 heavy (non-hydrogen) atoms. The smallest absolute Gasteiger partial charge is 0.149 e. The summed E-state index contributed by atoms with van der Waals surface area (Å²) in [6.07, 6.45) is 3.44. The van der Waals surface area contributed by atoms with E-state index >= 15 is 0 Å². The van der Waals surface area contributed by atoms with Gasteiger partial charge in [-0.05, 0) is 50.1 Å². The third kappa shape index (κ3) is 2.23. The van der Waals surface area contributed by atoms with Gasteiger partial charge in [-0.3, -0.25) is 0 Å². The van der Waals surface area contributed by atoms with Crippen molar-refractivity contribution in [2.45, 2.75) is 25.2 Å². The van der Waals surface area contributed by atoms with Crippen LogP contribution >= 0.6 is 0 Å². The summed E-state index contributed by atoms with van der Waals surface area (Å²) >= 11 is 0. The minimum Gasteiger partial charge on any atom is -0.494 e. The van der Waals surface area contributed by atoms with E-state index in [2.05, 4.69) is 16.0 Å². The predicted molar refractivity (Wildman–Crippen MR) is 75.2 cm³/mol. The molecule has 0 bridgehead atoms. The number of nitriles is 1. The van der Waals surface area contributed by atoms with Crippen molar-refractivity contribution >= 4 is 0 Å². The Bertz CT molecular complexity index is 654. The zero-order valence-electron chi connectivity index (χ0n) is 11.3. The Balaban J connectivity index is 1.91. The molecule has 1 aliphatic rings. The summed E-state index contributed by atoms with van der Waals surface area (Å²) in [5.74, 6) is 1.49. The standard InChI is InChI=1S/C16H15N3O/c1-2-20-13-5-3-12(4-6-13)14-7-10-18-15(19-14)16(11-17)8-9-16/h3-7,10H,2,8-9H2,1H3. The molecule has 100 valence electrons. The van der Waals surface area contributed by atoms with Gasteiger partial charge >= 0.3 is 0 Å². The molecule has 0 spiro atoms. The number of hydrogen-bond acceptors (Lipinski definition) is 4. The van der Waals surface area contributed by atoms with Crippen LogP contribution in [0.1, 0.15) is 25.6 Å². The Morgan fingerprint density at radius 3 is 2.60 bits per heavy atom. The lowest BCUT2D eigenvalue weighted by molar-refractivity contribution is 0.340. The number of benzene rings is 1. The molecular weight excluding hydrogens is 250 g/mol. The van der Waals surface area contributed by atoms with Gasteiger partial charge in [0, 0.05) is 11.8 Å². The van der Waals surface area contributed by atoms with Gasteiger partial charge in [0.25, 0.3) is 0 Å². The van der Waals surface area contributed by atoms with Crippen molar-refractivity contribution in [1.82, 2.24) is 9.97 Å². The molecule has 4 heteroatoms. The zero-order chi connectivity index (χ0) is 14.0. The van der Waals surface area contributed by atoms with Gasteiger partial charge < -0.3 is 4.74 Å². The van der Waals surface area contributed by atoms with Gasteiger partial charge in [-0.1, -0.05) is 0 Å². The van der Waals surface area contributed by atoms with E-state index in [1.54, 1.807) is 6.20 Å². The fraction of sp³-hybridized carbons (Fsp3) is 0.312. The molecule has 0 radical (unpaired) electrons. The minimum absolute atomic E-state index is 0.443. The van der Waals surface area contributed by atoms with Gasteiger partial charge in [-0.2, -0.15) is 5.26 Å². The lowest BCUT2D eigenvalue weighted by atomic mass is 10.1. The monoisotopic (exact) mass is 265 g/mol. The summed E-state index contributed by atoms with van der Waals surface area (Å²) in [6.45, 7) is 2.61. The molecule has 1 aromatic heterocycles. The maximum absolute atomic E-state index is 9.22. The molecule has 1 saturated carbocycles. The Morgan fingerprint density at radius 2 is 2.00 bits per heavy atom. The average Bonchev–Trinajstić information content (AvgIpc) is 3.30. The number of nitrogens with zero attached hydrogens (tertiary/aromatic N) is 3. The van der Waals surface area contributed by atoms with Crippen LogP contribution in [0.2, 0.25) is 0 Å². The molecular formula is C16H15N3O. The van der Waals surface area contributed by atoms with Crippen molar-refractivity contribution in [1.29, 1.82) is 5.26 Å². The van der Waals surface area contributed by atoms with Gasteiger partial charge in [0.2, 0.25) is 0 Å². The van der Waals surface area contributed by atoms with Crippen molar-refractivity contribution in [3.63, 3.8) is 0 Å². The topological polar surface area (TPSA) is 58.8 Å². The lowest BCUT2D eigenvalue weighted by Crippen LogP contribution is -2.09. The summed E-state index contributed by atoms with van der Waals surface area (Å²) in [4.78, 5) is 8.81. The van der Waals surface area contributed by atoms with Crippen LogP contribution in [-0.2, 0) is 5.41 Å². The Morgan fingerprint density at radius 1 is 1.25 bits per heavy atom. The molecule has 0 N–H and O–H groups in total. The molecule has 0 amide bonds. The molecule has 0 atom stereocenters. The molecule has 0 saturated heterocycles. The van der Waals surface area contributed by atoms with Crippen LogP contribution < -0.4 is 4.74 Å². The first-order valence-corrected chi connectivity index (χ1v) is 6.75. The van der Waals surface area contributed by atoms with Crippen LogP contribution in [0.4, 0.5) is 0 Å². The molecule has 1 fully saturated rings. The normalized spacial score (nSPS) is 15.4. The van der Waals surface area contributed by atoms with Crippen LogP contribution in [0, 0.1) is 11.3 Å². The molecule has 1 aliphatic carbocycles. The molecule has 0 unspecified atom stereocenters. The fourth-order valence-electron chi connectivity index (χ4n) is 2.15. The van der Waals surface area contributed by atoms with E-state index in [9.17, 15) is 5.26 Å². The van der Waals surface area contributed by atoms with Crippen LogP contribution in [0.15, 0.2) is 36.5 Å². The Hall–Kier alpha value is -2.41. The molecule has 1 aromatic carbocycles. The zero-order valence-corrected chi connectivity index (χ0v) is 11.3. The highest BCUT2D eigenvalue weighted by molar-refractivity contribution is 5.60. The van der Waals surface area contributed by atoms with E-state index in [0.29, 0.717) is 12.4 Å². The van der Waals surface area contributed by atoms with Gasteiger partial charge in [0.05, 0.1) is 18.4 Å². The first kappa shape index (κ1) is 12.6. The van der Waals surface area contributed by atoms with Gasteiger partial charge in [-0.15, -0.1) is 0 Å². The summed E-state index contributed by atoms with van der Waals surface area (Å²) < 4.78 is 5.43. The Kier molecular flexibility index (Phi) is 3.11. The van der Waals surface area contributed by atoms with Gasteiger partial charge in [-0.25, -0.2) is 9.97 Å². The first-order chi connectivity index (χ1) is 9.77. The van der Waals surface area contributed by atoms with Crippen LogP contribution in [0.5, 0.6) is 5.75 Å². The number of rotatable bonds is 4. The van der Waals surface area contributed by atoms with E-state index in [1.165, 1.54) is 0 Å². The minimum atomic E-state index is -0.443. The first-order valence-electron chi connectivity index (χ1n) is 6.75. The molecule has 1 heterocycles. The van der Waals surface area contributed by atoms with E-state index in [0.717, 1.165) is 29.8 Å². The second-order valence-corrected chi connectivity index (χ2v) is 4.92. The maximum Gasteiger partial charge on any atom is 0.149 e. The van der Waals surface area contributed by atoms with Crippen molar-refractivity contribution < 1.29 is 4.74 Å². The molecule has 3 rings (SSSR count). The van der Waals surface area contributed by atoms with E-state index < -0.39 is 5.41 Å². The van der Waals surface area contributed by atoms with E-state index in [4.69, 9.17) is 4.74 Å². The second-order valence-electron chi connectivity index (χ2n) is 4.92. The second kappa shape index (κ2) is 4.93. The predicted octanol–water partition coefficient (Wildman–Crippen LogP) is 3.10. The average molecular weight is 265 g/mol. The fourth-order valence-corrected chi connectivity index (χ4v) is 2.15. The highest BCUT2D eigenvalue weighted by Crippen LogP contribution is 2.46. The molecule has 2 aromatic rings. The SMILES string of the molecule is CCOc1ccc(-c2ccnc(C3(C#N)CC3)n2)cc1. The van der Waals surface area contributed by atoms with Crippen molar-refractivity contribution in [2.75, 3.05) is 6.61 Å². The van der Waals surface area contributed by atoms with E-state index in [-0.39, 0.29) is 0 Å². The third-order valence-corrected chi connectivity index (χ3v) is 3.51. The quantitative estimate of drug-likeness (QED) is 0.852. The maximum atomic E-state index is 9.22. The largest absolute Gasteiger partial charge is 0.494 e. The number of aromatic nitrogens is 2. The van der Waals surface area contributed by atoms with E-state index in [1.807, 2.05) is 37.3 Å². The summed E-state index contributed by atoms with van der Waals surface area (Å²) in [5, 5.41) is 9.22. The van der Waals surface area contributed by atoms with Crippen LogP contribution in [-0.4, -0.2) is 16.6 Å².